The van der Waals surface area contributed by atoms with Crippen molar-refractivity contribution in [2.45, 2.75) is 57.6 Å². The van der Waals surface area contributed by atoms with Gasteiger partial charge in [-0.25, -0.2) is 0 Å². The van der Waals surface area contributed by atoms with E-state index < -0.39 is 0 Å². The summed E-state index contributed by atoms with van der Waals surface area (Å²) in [4.78, 5) is 0. The first-order valence-corrected chi connectivity index (χ1v) is 7.17. The zero-order valence-electron chi connectivity index (χ0n) is 11.4. The minimum Gasteiger partial charge on any atom is -0.378 e. The molecule has 100 valence electrons. The predicted molar refractivity (Wildman–Crippen MR) is 75.7 cm³/mol. The van der Waals surface area contributed by atoms with Gasteiger partial charge in [0.1, 0.15) is 0 Å². The Bertz CT molecular complexity index is 358. The molecular weight excluding hydrogens is 222 g/mol. The van der Waals surface area contributed by atoms with Crippen LogP contribution < -0.4 is 5.73 Å². The lowest BCUT2D eigenvalue weighted by molar-refractivity contribution is 0.101. The first-order chi connectivity index (χ1) is 8.74. The van der Waals surface area contributed by atoms with Gasteiger partial charge in [-0.2, -0.15) is 0 Å². The van der Waals surface area contributed by atoms with Gasteiger partial charge in [0.25, 0.3) is 0 Å². The highest BCUT2D eigenvalue weighted by Gasteiger charge is 2.15. The molecule has 2 nitrogen and oxygen atoms in total. The Labute approximate surface area is 111 Å². The summed E-state index contributed by atoms with van der Waals surface area (Å²) in [6.07, 6.45) is 7.46. The second-order valence-electron chi connectivity index (χ2n) is 5.52. The lowest BCUT2D eigenvalue weighted by Gasteiger charge is -2.14. The molecule has 2 rings (SSSR count). The normalized spacial score (nSPS) is 21.1. The van der Waals surface area contributed by atoms with Crippen LogP contribution in [-0.4, -0.2) is 18.8 Å². The van der Waals surface area contributed by atoms with Gasteiger partial charge >= 0.3 is 0 Å². The third-order valence-electron chi connectivity index (χ3n) is 3.71. The summed E-state index contributed by atoms with van der Waals surface area (Å²) < 4.78 is 5.63. The van der Waals surface area contributed by atoms with Gasteiger partial charge in [-0.3, -0.25) is 0 Å². The standard InChI is InChI=1S/C16H25NO/c1-13-5-2-6-14(11-13)12-15(17)7-3-8-16-9-4-10-18-16/h2,5-6,11,15-16H,3-4,7-10,12,17H2,1H3. The monoisotopic (exact) mass is 247 g/mol. The summed E-state index contributed by atoms with van der Waals surface area (Å²) >= 11 is 0. The Hall–Kier alpha value is -0.860. The van der Waals surface area contributed by atoms with E-state index in [1.807, 2.05) is 0 Å². The van der Waals surface area contributed by atoms with Gasteiger partial charge in [0.15, 0.2) is 0 Å². The number of rotatable bonds is 6. The SMILES string of the molecule is Cc1cccc(CC(N)CCCC2CCCO2)c1. The molecule has 1 aromatic rings. The van der Waals surface area contributed by atoms with Crippen molar-refractivity contribution in [2.24, 2.45) is 5.73 Å². The zero-order valence-corrected chi connectivity index (χ0v) is 11.4. The van der Waals surface area contributed by atoms with Crippen molar-refractivity contribution in [3.63, 3.8) is 0 Å². The van der Waals surface area contributed by atoms with Crippen molar-refractivity contribution in [3.8, 4) is 0 Å². The van der Waals surface area contributed by atoms with Crippen molar-refractivity contribution in [2.75, 3.05) is 6.61 Å². The average molecular weight is 247 g/mol. The first-order valence-electron chi connectivity index (χ1n) is 7.17. The van der Waals surface area contributed by atoms with Gasteiger partial charge in [0.2, 0.25) is 0 Å². The number of nitrogens with two attached hydrogens (primary N) is 1. The molecule has 1 aliphatic heterocycles. The number of ether oxygens (including phenoxy) is 1. The fraction of sp³-hybridized carbons (Fsp3) is 0.625. The van der Waals surface area contributed by atoms with Crippen LogP contribution in [-0.2, 0) is 11.2 Å². The molecule has 0 aromatic heterocycles. The summed E-state index contributed by atoms with van der Waals surface area (Å²) in [6.45, 7) is 3.09. The molecular formula is C16H25NO. The molecule has 0 saturated carbocycles. The first kappa shape index (κ1) is 13.6. The van der Waals surface area contributed by atoms with Gasteiger partial charge in [0, 0.05) is 12.6 Å². The Morgan fingerprint density at radius 2 is 2.33 bits per heavy atom. The second kappa shape index (κ2) is 6.91. The van der Waals surface area contributed by atoms with Gasteiger partial charge in [-0.1, -0.05) is 29.8 Å². The highest BCUT2D eigenvalue weighted by atomic mass is 16.5. The van der Waals surface area contributed by atoms with Crippen LogP contribution in [0.5, 0.6) is 0 Å². The van der Waals surface area contributed by atoms with E-state index in [2.05, 4.69) is 31.2 Å². The molecule has 2 N–H and O–H groups in total. The van der Waals surface area contributed by atoms with Gasteiger partial charge in [0.05, 0.1) is 6.10 Å². The molecule has 18 heavy (non-hydrogen) atoms. The summed E-state index contributed by atoms with van der Waals surface area (Å²) in [6, 6.07) is 8.94. The van der Waals surface area contributed by atoms with Crippen LogP contribution in [0.2, 0.25) is 0 Å². The number of hydrogen-bond acceptors (Lipinski definition) is 2. The Balaban J connectivity index is 1.66. The Morgan fingerprint density at radius 3 is 3.06 bits per heavy atom. The van der Waals surface area contributed by atoms with Crippen molar-refractivity contribution in [3.05, 3.63) is 35.4 Å². The molecule has 1 saturated heterocycles. The minimum absolute atomic E-state index is 0.285. The van der Waals surface area contributed by atoms with Crippen LogP contribution >= 0.6 is 0 Å². The Morgan fingerprint density at radius 1 is 1.44 bits per heavy atom. The maximum atomic E-state index is 6.20. The molecule has 0 amide bonds. The Kier molecular flexibility index (Phi) is 5.21. The topological polar surface area (TPSA) is 35.2 Å². The third-order valence-corrected chi connectivity index (χ3v) is 3.71. The molecule has 1 heterocycles. The van der Waals surface area contributed by atoms with E-state index in [9.17, 15) is 0 Å². The van der Waals surface area contributed by atoms with Crippen molar-refractivity contribution in [1.82, 2.24) is 0 Å². The molecule has 0 radical (unpaired) electrons. The predicted octanol–water partition coefficient (Wildman–Crippen LogP) is 3.21. The largest absolute Gasteiger partial charge is 0.378 e. The van der Waals surface area contributed by atoms with E-state index in [1.165, 1.54) is 36.8 Å². The molecule has 2 heteroatoms. The van der Waals surface area contributed by atoms with Crippen LogP contribution in [0.25, 0.3) is 0 Å². The van der Waals surface area contributed by atoms with Crippen LogP contribution in [0.4, 0.5) is 0 Å². The molecule has 2 unspecified atom stereocenters. The minimum atomic E-state index is 0.285. The molecule has 0 bridgehead atoms. The fourth-order valence-electron chi connectivity index (χ4n) is 2.72. The average Bonchev–Trinajstić information content (AvgIpc) is 2.82. The molecule has 1 aliphatic rings. The van der Waals surface area contributed by atoms with Crippen LogP contribution in [0.3, 0.4) is 0 Å². The molecule has 2 atom stereocenters. The van der Waals surface area contributed by atoms with Crippen LogP contribution in [0, 0.1) is 6.92 Å². The second-order valence-corrected chi connectivity index (χ2v) is 5.52. The van der Waals surface area contributed by atoms with E-state index in [1.54, 1.807) is 0 Å². The highest BCUT2D eigenvalue weighted by Crippen LogP contribution is 2.18. The van der Waals surface area contributed by atoms with Crippen LogP contribution in [0.15, 0.2) is 24.3 Å². The summed E-state index contributed by atoms with van der Waals surface area (Å²) in [7, 11) is 0. The maximum Gasteiger partial charge on any atom is 0.0576 e. The molecule has 1 fully saturated rings. The summed E-state index contributed by atoms with van der Waals surface area (Å²) in [5.74, 6) is 0. The van der Waals surface area contributed by atoms with E-state index in [0.717, 1.165) is 19.4 Å². The third kappa shape index (κ3) is 4.43. The van der Waals surface area contributed by atoms with Crippen molar-refractivity contribution >= 4 is 0 Å². The summed E-state index contributed by atoms with van der Waals surface area (Å²) in [5.41, 5.74) is 8.88. The quantitative estimate of drug-likeness (QED) is 0.837. The van der Waals surface area contributed by atoms with Gasteiger partial charge < -0.3 is 10.5 Å². The van der Waals surface area contributed by atoms with E-state index in [4.69, 9.17) is 10.5 Å². The lowest BCUT2D eigenvalue weighted by atomic mass is 9.99. The molecule has 0 aliphatic carbocycles. The lowest BCUT2D eigenvalue weighted by Crippen LogP contribution is -2.23. The number of benzene rings is 1. The number of hydrogen-bond donors (Lipinski definition) is 1. The van der Waals surface area contributed by atoms with E-state index in [-0.39, 0.29) is 6.04 Å². The van der Waals surface area contributed by atoms with Crippen molar-refractivity contribution in [1.29, 1.82) is 0 Å². The van der Waals surface area contributed by atoms with E-state index in [0.29, 0.717) is 6.10 Å². The number of aryl methyl sites for hydroxylation is 1. The zero-order chi connectivity index (χ0) is 12.8. The highest BCUT2D eigenvalue weighted by molar-refractivity contribution is 5.22. The maximum absolute atomic E-state index is 6.20. The van der Waals surface area contributed by atoms with Gasteiger partial charge in [-0.15, -0.1) is 0 Å². The van der Waals surface area contributed by atoms with Gasteiger partial charge in [-0.05, 0) is 51.0 Å². The fourth-order valence-corrected chi connectivity index (χ4v) is 2.72. The molecule has 1 aromatic carbocycles. The van der Waals surface area contributed by atoms with Crippen LogP contribution in [0.1, 0.15) is 43.2 Å². The summed E-state index contributed by atoms with van der Waals surface area (Å²) in [5, 5.41) is 0. The smallest absolute Gasteiger partial charge is 0.0576 e. The van der Waals surface area contributed by atoms with E-state index >= 15 is 0 Å². The molecule has 0 spiro atoms. The van der Waals surface area contributed by atoms with Crippen molar-refractivity contribution < 1.29 is 4.74 Å².